The summed E-state index contributed by atoms with van der Waals surface area (Å²) in [4.78, 5) is 9.09. The molecule has 118 valence electrons. The number of rotatable bonds is 5. The number of nitrogens with zero attached hydrogens (tertiary/aromatic N) is 3. The number of hydrogen-bond donors (Lipinski definition) is 2. The number of alkyl halides is 1. The van der Waals surface area contributed by atoms with Crippen LogP contribution in [-0.2, 0) is 13.1 Å². The lowest BCUT2D eigenvalue weighted by molar-refractivity contribution is 0.485. The average Bonchev–Trinajstić information content (AvgIpc) is 2.99. The van der Waals surface area contributed by atoms with E-state index < -0.39 is 6.67 Å². The molecule has 0 saturated carbocycles. The highest BCUT2D eigenvalue weighted by Crippen LogP contribution is 2.21. The van der Waals surface area contributed by atoms with Crippen LogP contribution in [0.4, 0.5) is 16.0 Å². The topological polar surface area (TPSA) is 66.5 Å². The van der Waals surface area contributed by atoms with Gasteiger partial charge < -0.3 is 5.32 Å². The molecule has 5 nitrogen and oxygen atoms in total. The summed E-state index contributed by atoms with van der Waals surface area (Å²) < 4.78 is 12.6. The number of H-pyrrole nitrogens is 1. The zero-order valence-electron chi connectivity index (χ0n) is 13.1. The number of aromatic amines is 1. The van der Waals surface area contributed by atoms with Gasteiger partial charge in [0.15, 0.2) is 11.6 Å². The van der Waals surface area contributed by atoms with Gasteiger partial charge in [0.2, 0.25) is 0 Å². The molecule has 0 saturated heterocycles. The number of aromatic nitrogens is 4. The minimum atomic E-state index is -0.471. The summed E-state index contributed by atoms with van der Waals surface area (Å²) >= 11 is 0. The van der Waals surface area contributed by atoms with Gasteiger partial charge in [-0.1, -0.05) is 31.2 Å². The van der Waals surface area contributed by atoms with Gasteiger partial charge in [-0.2, -0.15) is 5.10 Å². The number of anilines is 2. The zero-order valence-corrected chi connectivity index (χ0v) is 13.1. The lowest BCUT2D eigenvalue weighted by atomic mass is 10.1. The minimum absolute atomic E-state index is 0.471. The molecule has 6 heteroatoms. The van der Waals surface area contributed by atoms with Crippen LogP contribution in [0.3, 0.4) is 0 Å². The van der Waals surface area contributed by atoms with Crippen molar-refractivity contribution in [1.82, 2.24) is 20.2 Å². The summed E-state index contributed by atoms with van der Waals surface area (Å²) in [6.07, 6.45) is 0.798. The predicted molar refractivity (Wildman–Crippen MR) is 88.3 cm³/mol. The normalized spacial score (nSPS) is 10.7. The number of hydrogen-bond acceptors (Lipinski definition) is 4. The Labute approximate surface area is 134 Å². The van der Waals surface area contributed by atoms with Crippen molar-refractivity contribution in [3.05, 3.63) is 53.3 Å². The lowest BCUT2D eigenvalue weighted by Gasteiger charge is -2.08. The SMILES string of the molecule is CCc1cc(Nc2cc(C)[nH]n2)nc(-c2ccc(CF)cc2)n1. The Kier molecular flexibility index (Phi) is 4.32. The highest BCUT2D eigenvalue weighted by molar-refractivity contribution is 5.60. The Balaban J connectivity index is 1.94. The van der Waals surface area contributed by atoms with E-state index in [0.29, 0.717) is 23.0 Å². The molecular weight excluding hydrogens is 293 g/mol. The molecule has 2 aromatic heterocycles. The number of halogens is 1. The Morgan fingerprint density at radius 3 is 2.48 bits per heavy atom. The van der Waals surface area contributed by atoms with Crippen LogP contribution in [0.15, 0.2) is 36.4 Å². The Morgan fingerprint density at radius 1 is 1.09 bits per heavy atom. The van der Waals surface area contributed by atoms with Crippen molar-refractivity contribution in [3.8, 4) is 11.4 Å². The molecule has 1 aromatic carbocycles. The van der Waals surface area contributed by atoms with E-state index in [-0.39, 0.29) is 0 Å². The first kappa shape index (κ1) is 15.1. The van der Waals surface area contributed by atoms with Crippen LogP contribution in [0.1, 0.15) is 23.9 Å². The largest absolute Gasteiger partial charge is 0.323 e. The van der Waals surface area contributed by atoms with Gasteiger partial charge in [-0.15, -0.1) is 0 Å². The molecule has 0 radical (unpaired) electrons. The Morgan fingerprint density at radius 2 is 1.87 bits per heavy atom. The third-order valence-electron chi connectivity index (χ3n) is 3.47. The molecule has 0 fully saturated rings. The first-order valence-electron chi connectivity index (χ1n) is 7.50. The summed E-state index contributed by atoms with van der Waals surface area (Å²) in [7, 11) is 0. The molecule has 0 bridgehead atoms. The van der Waals surface area contributed by atoms with Crippen molar-refractivity contribution in [2.24, 2.45) is 0 Å². The molecule has 0 amide bonds. The highest BCUT2D eigenvalue weighted by atomic mass is 19.1. The van der Waals surface area contributed by atoms with Crippen LogP contribution in [0.5, 0.6) is 0 Å². The third-order valence-corrected chi connectivity index (χ3v) is 3.47. The monoisotopic (exact) mass is 311 g/mol. The van der Waals surface area contributed by atoms with E-state index in [4.69, 9.17) is 0 Å². The van der Waals surface area contributed by atoms with E-state index >= 15 is 0 Å². The maximum absolute atomic E-state index is 12.6. The van der Waals surface area contributed by atoms with Gasteiger partial charge in [0.25, 0.3) is 0 Å². The van der Waals surface area contributed by atoms with Gasteiger partial charge in [0, 0.05) is 29.1 Å². The fraction of sp³-hybridized carbons (Fsp3) is 0.235. The molecule has 2 heterocycles. The van der Waals surface area contributed by atoms with E-state index in [1.54, 1.807) is 12.1 Å². The fourth-order valence-electron chi connectivity index (χ4n) is 2.23. The van der Waals surface area contributed by atoms with Crippen molar-refractivity contribution in [3.63, 3.8) is 0 Å². The second kappa shape index (κ2) is 6.56. The maximum atomic E-state index is 12.6. The Hall–Kier alpha value is -2.76. The van der Waals surface area contributed by atoms with Crippen molar-refractivity contribution in [2.75, 3.05) is 5.32 Å². The first-order valence-corrected chi connectivity index (χ1v) is 7.50. The molecule has 0 spiro atoms. The molecule has 2 N–H and O–H groups in total. The summed E-state index contributed by atoms with van der Waals surface area (Å²) in [5, 5.41) is 10.2. The molecule has 0 aliphatic carbocycles. The predicted octanol–water partition coefficient (Wildman–Crippen LogP) is 3.95. The number of benzene rings is 1. The molecule has 3 aromatic rings. The van der Waals surface area contributed by atoms with E-state index in [1.165, 1.54) is 0 Å². The van der Waals surface area contributed by atoms with Gasteiger partial charge in [-0.05, 0) is 18.9 Å². The van der Waals surface area contributed by atoms with Gasteiger partial charge >= 0.3 is 0 Å². The molecule has 0 unspecified atom stereocenters. The van der Waals surface area contributed by atoms with Crippen LogP contribution in [0.2, 0.25) is 0 Å². The van der Waals surface area contributed by atoms with Crippen LogP contribution in [0, 0.1) is 6.92 Å². The molecular formula is C17H18FN5. The summed E-state index contributed by atoms with van der Waals surface area (Å²) in [6.45, 7) is 3.51. The van der Waals surface area contributed by atoms with Crippen molar-refractivity contribution < 1.29 is 4.39 Å². The van der Waals surface area contributed by atoms with E-state index in [2.05, 4.69) is 25.5 Å². The zero-order chi connectivity index (χ0) is 16.2. The number of nitrogens with one attached hydrogen (secondary N) is 2. The molecule has 23 heavy (non-hydrogen) atoms. The molecule has 0 aliphatic rings. The van der Waals surface area contributed by atoms with Crippen LogP contribution < -0.4 is 5.32 Å². The van der Waals surface area contributed by atoms with E-state index in [0.717, 1.165) is 23.4 Å². The second-order valence-corrected chi connectivity index (χ2v) is 5.31. The van der Waals surface area contributed by atoms with Crippen molar-refractivity contribution >= 4 is 11.6 Å². The highest BCUT2D eigenvalue weighted by Gasteiger charge is 2.08. The van der Waals surface area contributed by atoms with Crippen LogP contribution in [-0.4, -0.2) is 20.2 Å². The quantitative estimate of drug-likeness (QED) is 0.748. The van der Waals surface area contributed by atoms with Crippen molar-refractivity contribution in [2.45, 2.75) is 26.9 Å². The summed E-state index contributed by atoms with van der Waals surface area (Å²) in [5.41, 5.74) is 3.41. The van der Waals surface area contributed by atoms with Crippen LogP contribution >= 0.6 is 0 Å². The van der Waals surface area contributed by atoms with E-state index in [1.807, 2.05) is 38.1 Å². The standard InChI is InChI=1S/C17H18FN5/c1-3-14-9-15(20-16-8-11(2)22-23-16)21-17(19-14)13-6-4-12(10-18)5-7-13/h4-9H,3,10H2,1-2H3,(H2,19,20,21,22,23). The van der Waals surface area contributed by atoms with E-state index in [9.17, 15) is 4.39 Å². The fourth-order valence-corrected chi connectivity index (χ4v) is 2.23. The van der Waals surface area contributed by atoms with Gasteiger partial charge in [0.1, 0.15) is 12.5 Å². The second-order valence-electron chi connectivity index (χ2n) is 5.31. The third kappa shape index (κ3) is 3.53. The van der Waals surface area contributed by atoms with Crippen LogP contribution in [0.25, 0.3) is 11.4 Å². The first-order chi connectivity index (χ1) is 11.2. The van der Waals surface area contributed by atoms with Crippen molar-refractivity contribution in [1.29, 1.82) is 0 Å². The lowest BCUT2D eigenvalue weighted by Crippen LogP contribution is -2.01. The van der Waals surface area contributed by atoms with Gasteiger partial charge in [-0.25, -0.2) is 14.4 Å². The summed E-state index contributed by atoms with van der Waals surface area (Å²) in [5.74, 6) is 2.01. The van der Waals surface area contributed by atoms with Gasteiger partial charge in [0.05, 0.1) is 0 Å². The maximum Gasteiger partial charge on any atom is 0.161 e. The van der Waals surface area contributed by atoms with Gasteiger partial charge in [-0.3, -0.25) is 5.10 Å². The smallest absolute Gasteiger partial charge is 0.161 e. The molecule has 0 atom stereocenters. The number of aryl methyl sites for hydroxylation is 2. The molecule has 0 aliphatic heterocycles. The summed E-state index contributed by atoms with van der Waals surface area (Å²) in [6, 6.07) is 11.0. The molecule has 3 rings (SSSR count). The average molecular weight is 311 g/mol. The minimum Gasteiger partial charge on any atom is -0.323 e. The Bertz CT molecular complexity index is 795.